The second kappa shape index (κ2) is 5.01. The van der Waals surface area contributed by atoms with Gasteiger partial charge in [0, 0.05) is 17.7 Å². The van der Waals surface area contributed by atoms with E-state index in [1.165, 1.54) is 6.07 Å². The van der Waals surface area contributed by atoms with Gasteiger partial charge in [-0.25, -0.2) is 13.8 Å². The number of rotatable bonds is 3. The molecule has 0 unspecified atom stereocenters. The van der Waals surface area contributed by atoms with Crippen LogP contribution >= 0.6 is 11.6 Å². The maximum atomic E-state index is 12.6. The lowest BCUT2D eigenvalue weighted by Crippen LogP contribution is -2.05. The summed E-state index contributed by atoms with van der Waals surface area (Å²) in [5, 5.41) is 8.40. The van der Waals surface area contributed by atoms with E-state index in [9.17, 15) is 8.78 Å². The predicted molar refractivity (Wildman–Crippen MR) is 51.4 cm³/mol. The van der Waals surface area contributed by atoms with Gasteiger partial charge in [0.2, 0.25) is 0 Å². The summed E-state index contributed by atoms with van der Waals surface area (Å²) in [7, 11) is 0. The van der Waals surface area contributed by atoms with Crippen LogP contribution in [0.4, 0.5) is 8.78 Å². The van der Waals surface area contributed by atoms with Gasteiger partial charge in [0.1, 0.15) is 5.15 Å². The van der Waals surface area contributed by atoms with Crippen molar-refractivity contribution in [1.82, 2.24) is 4.98 Å². The molecule has 0 aromatic carbocycles. The molecule has 0 aliphatic rings. The van der Waals surface area contributed by atoms with E-state index in [2.05, 4.69) is 4.98 Å². The Morgan fingerprint density at radius 2 is 2.27 bits per heavy atom. The van der Waals surface area contributed by atoms with E-state index in [1.807, 2.05) is 0 Å². The van der Waals surface area contributed by atoms with Crippen LogP contribution in [0.15, 0.2) is 6.07 Å². The van der Waals surface area contributed by atoms with Gasteiger partial charge in [-0.1, -0.05) is 11.6 Å². The monoisotopic (exact) mass is 231 g/mol. The van der Waals surface area contributed by atoms with Crippen LogP contribution in [0.3, 0.4) is 0 Å². The van der Waals surface area contributed by atoms with Gasteiger partial charge in [0.15, 0.2) is 0 Å². The molecule has 0 aliphatic carbocycles. The van der Waals surface area contributed by atoms with Gasteiger partial charge in [-0.15, -0.1) is 0 Å². The first-order chi connectivity index (χ1) is 7.10. The molecule has 1 rings (SSSR count). The van der Waals surface area contributed by atoms with Crippen molar-refractivity contribution in [3.8, 4) is 6.07 Å². The van der Waals surface area contributed by atoms with Gasteiger partial charge in [-0.05, 0) is 6.07 Å². The zero-order valence-corrected chi connectivity index (χ0v) is 8.43. The SMILES string of the molecule is N#CCc1c(C(F)F)cc(CN)nc1Cl. The lowest BCUT2D eigenvalue weighted by Gasteiger charge is -2.09. The van der Waals surface area contributed by atoms with Crippen LogP contribution in [0.2, 0.25) is 5.15 Å². The normalized spacial score (nSPS) is 10.4. The number of aromatic nitrogens is 1. The number of hydrogen-bond donors (Lipinski definition) is 1. The second-order valence-electron chi connectivity index (χ2n) is 2.81. The summed E-state index contributed by atoms with van der Waals surface area (Å²) in [6.45, 7) is 0.0340. The van der Waals surface area contributed by atoms with Crippen molar-refractivity contribution in [2.75, 3.05) is 0 Å². The molecule has 0 radical (unpaired) electrons. The van der Waals surface area contributed by atoms with Crippen molar-refractivity contribution in [2.45, 2.75) is 19.4 Å². The lowest BCUT2D eigenvalue weighted by atomic mass is 10.1. The zero-order chi connectivity index (χ0) is 11.4. The Balaban J connectivity index is 3.30. The lowest BCUT2D eigenvalue weighted by molar-refractivity contribution is 0.150. The van der Waals surface area contributed by atoms with E-state index in [0.29, 0.717) is 0 Å². The Hall–Kier alpha value is -1.25. The van der Waals surface area contributed by atoms with Crippen LogP contribution in [0, 0.1) is 11.3 Å². The van der Waals surface area contributed by atoms with Crippen LogP contribution < -0.4 is 5.73 Å². The Labute approximate surface area is 90.5 Å². The molecule has 1 heterocycles. The molecule has 1 aromatic heterocycles. The number of hydrogen-bond acceptors (Lipinski definition) is 3. The molecule has 3 nitrogen and oxygen atoms in total. The van der Waals surface area contributed by atoms with E-state index in [-0.39, 0.29) is 34.9 Å². The van der Waals surface area contributed by atoms with Crippen molar-refractivity contribution in [3.63, 3.8) is 0 Å². The molecule has 6 heteroatoms. The minimum absolute atomic E-state index is 0.0340. The van der Waals surface area contributed by atoms with Gasteiger partial charge < -0.3 is 5.73 Å². The minimum Gasteiger partial charge on any atom is -0.325 e. The fourth-order valence-electron chi connectivity index (χ4n) is 1.16. The maximum absolute atomic E-state index is 12.6. The summed E-state index contributed by atoms with van der Waals surface area (Å²) < 4.78 is 25.2. The third-order valence-electron chi connectivity index (χ3n) is 1.86. The topological polar surface area (TPSA) is 62.7 Å². The largest absolute Gasteiger partial charge is 0.325 e. The molecule has 0 atom stereocenters. The minimum atomic E-state index is -2.68. The molecule has 0 fully saturated rings. The van der Waals surface area contributed by atoms with Crippen LogP contribution in [0.25, 0.3) is 0 Å². The third-order valence-corrected chi connectivity index (χ3v) is 2.17. The molecule has 0 spiro atoms. The number of alkyl halides is 2. The molecule has 80 valence electrons. The van der Waals surface area contributed by atoms with Crippen LogP contribution in [0.1, 0.15) is 23.2 Å². The highest BCUT2D eigenvalue weighted by Crippen LogP contribution is 2.28. The first kappa shape index (κ1) is 11.8. The Morgan fingerprint density at radius 3 is 2.73 bits per heavy atom. The molecule has 1 aromatic rings. The number of halogens is 3. The van der Waals surface area contributed by atoms with E-state index in [0.717, 1.165) is 0 Å². The predicted octanol–water partition coefficient (Wildman–Crippen LogP) is 2.20. The van der Waals surface area contributed by atoms with E-state index < -0.39 is 6.43 Å². The zero-order valence-electron chi connectivity index (χ0n) is 7.67. The summed E-state index contributed by atoms with van der Waals surface area (Å²) in [5.74, 6) is 0. The first-order valence-corrected chi connectivity index (χ1v) is 4.51. The molecular weight excluding hydrogens is 224 g/mol. The summed E-state index contributed by atoms with van der Waals surface area (Å²) in [6, 6.07) is 2.95. The quantitative estimate of drug-likeness (QED) is 0.811. The Morgan fingerprint density at radius 1 is 1.60 bits per heavy atom. The highest BCUT2D eigenvalue weighted by molar-refractivity contribution is 6.30. The van der Waals surface area contributed by atoms with Crippen LogP contribution in [-0.4, -0.2) is 4.98 Å². The molecule has 0 aliphatic heterocycles. The fourth-order valence-corrected chi connectivity index (χ4v) is 1.45. The molecule has 15 heavy (non-hydrogen) atoms. The Kier molecular flexibility index (Phi) is 3.95. The number of nitrogens with zero attached hydrogens (tertiary/aromatic N) is 2. The summed E-state index contributed by atoms with van der Waals surface area (Å²) in [4.78, 5) is 3.81. The maximum Gasteiger partial charge on any atom is 0.264 e. The molecule has 0 saturated carbocycles. The van der Waals surface area contributed by atoms with Crippen molar-refractivity contribution in [2.24, 2.45) is 5.73 Å². The van der Waals surface area contributed by atoms with Gasteiger partial charge in [0.05, 0.1) is 18.2 Å². The highest BCUT2D eigenvalue weighted by atomic mass is 35.5. The Bertz CT molecular complexity index is 401. The number of pyridine rings is 1. The molecule has 0 saturated heterocycles. The van der Waals surface area contributed by atoms with Crippen molar-refractivity contribution in [1.29, 1.82) is 5.26 Å². The van der Waals surface area contributed by atoms with Crippen molar-refractivity contribution < 1.29 is 8.78 Å². The fraction of sp³-hybridized carbons (Fsp3) is 0.333. The first-order valence-electron chi connectivity index (χ1n) is 4.13. The third kappa shape index (κ3) is 2.61. The van der Waals surface area contributed by atoms with E-state index in [1.54, 1.807) is 6.07 Å². The van der Waals surface area contributed by atoms with E-state index >= 15 is 0 Å². The standard InChI is InChI=1S/C9H8ClF2N3/c10-8-6(1-2-13)7(9(11)12)3-5(4-14)15-8/h3,9H,1,4,14H2. The van der Waals surface area contributed by atoms with E-state index in [4.69, 9.17) is 22.6 Å². The molecule has 0 bridgehead atoms. The van der Waals surface area contributed by atoms with Crippen molar-refractivity contribution >= 4 is 11.6 Å². The van der Waals surface area contributed by atoms with Crippen LogP contribution in [0.5, 0.6) is 0 Å². The average molecular weight is 232 g/mol. The molecule has 0 amide bonds. The second-order valence-corrected chi connectivity index (χ2v) is 3.17. The van der Waals surface area contributed by atoms with Gasteiger partial charge in [0.25, 0.3) is 6.43 Å². The summed E-state index contributed by atoms with van der Waals surface area (Å²) in [5.41, 5.74) is 5.38. The summed E-state index contributed by atoms with van der Waals surface area (Å²) >= 11 is 5.69. The average Bonchev–Trinajstić information content (AvgIpc) is 2.20. The molecule has 2 N–H and O–H groups in total. The number of nitrogens with two attached hydrogens (primary N) is 1. The van der Waals surface area contributed by atoms with Gasteiger partial charge in [-0.3, -0.25) is 0 Å². The van der Waals surface area contributed by atoms with Gasteiger partial charge >= 0.3 is 0 Å². The highest BCUT2D eigenvalue weighted by Gasteiger charge is 2.17. The number of nitriles is 1. The van der Waals surface area contributed by atoms with Crippen LogP contribution in [-0.2, 0) is 13.0 Å². The smallest absolute Gasteiger partial charge is 0.264 e. The van der Waals surface area contributed by atoms with Gasteiger partial charge in [-0.2, -0.15) is 5.26 Å². The summed E-state index contributed by atoms with van der Waals surface area (Å²) in [6.07, 6.45) is -2.87. The van der Waals surface area contributed by atoms with Crippen molar-refractivity contribution in [3.05, 3.63) is 28.0 Å². The molecular formula is C9H8ClF2N3.